The number of rotatable bonds is 4. The third-order valence-electron chi connectivity index (χ3n) is 2.96. The van der Waals surface area contributed by atoms with E-state index in [4.69, 9.17) is 34.8 Å². The van der Waals surface area contributed by atoms with Crippen molar-refractivity contribution in [2.75, 3.05) is 7.05 Å². The number of phenols is 1. The molecule has 0 spiro atoms. The molecule has 20 heavy (non-hydrogen) atoms. The summed E-state index contributed by atoms with van der Waals surface area (Å²) in [4.78, 5) is 2.04. The molecule has 0 aliphatic carbocycles. The highest BCUT2D eigenvalue weighted by Gasteiger charge is 2.10. The first-order valence-corrected chi connectivity index (χ1v) is 7.19. The van der Waals surface area contributed by atoms with Crippen molar-refractivity contribution in [2.24, 2.45) is 0 Å². The molecule has 5 heteroatoms. The average molecular weight is 331 g/mol. The van der Waals surface area contributed by atoms with E-state index in [0.29, 0.717) is 28.2 Å². The van der Waals surface area contributed by atoms with Gasteiger partial charge in [0.2, 0.25) is 0 Å². The Morgan fingerprint density at radius 1 is 0.950 bits per heavy atom. The van der Waals surface area contributed by atoms with Gasteiger partial charge in [0, 0.05) is 33.7 Å². The van der Waals surface area contributed by atoms with E-state index in [1.165, 1.54) is 0 Å². The van der Waals surface area contributed by atoms with Gasteiger partial charge in [0.1, 0.15) is 5.75 Å². The van der Waals surface area contributed by atoms with Crippen molar-refractivity contribution in [3.05, 3.63) is 62.6 Å². The zero-order valence-corrected chi connectivity index (χ0v) is 13.2. The molecule has 0 fully saturated rings. The van der Waals surface area contributed by atoms with E-state index in [1.807, 2.05) is 30.1 Å². The van der Waals surface area contributed by atoms with Gasteiger partial charge in [-0.25, -0.2) is 0 Å². The smallest absolute Gasteiger partial charge is 0.116 e. The van der Waals surface area contributed by atoms with Crippen LogP contribution in [0.5, 0.6) is 5.75 Å². The number of hydrogen-bond acceptors (Lipinski definition) is 2. The van der Waals surface area contributed by atoms with Crippen LogP contribution in [0.25, 0.3) is 0 Å². The molecule has 2 rings (SSSR count). The summed E-state index contributed by atoms with van der Waals surface area (Å²) in [5.41, 5.74) is 1.74. The van der Waals surface area contributed by atoms with Gasteiger partial charge < -0.3 is 5.11 Å². The summed E-state index contributed by atoms with van der Waals surface area (Å²) in [5.74, 6) is 0.202. The maximum atomic E-state index is 9.51. The average Bonchev–Trinajstić information content (AvgIpc) is 2.38. The third kappa shape index (κ3) is 3.80. The summed E-state index contributed by atoms with van der Waals surface area (Å²) >= 11 is 18.4. The monoisotopic (exact) mass is 329 g/mol. The van der Waals surface area contributed by atoms with Crippen molar-refractivity contribution in [1.82, 2.24) is 4.90 Å². The predicted molar refractivity (Wildman–Crippen MR) is 84.7 cm³/mol. The second-order valence-electron chi connectivity index (χ2n) is 4.65. The van der Waals surface area contributed by atoms with Gasteiger partial charge in [-0.05, 0) is 42.9 Å². The molecule has 0 atom stereocenters. The molecule has 0 aliphatic rings. The number of phenolic OH excluding ortho intramolecular Hbond substituents is 1. The number of hydrogen-bond donors (Lipinski definition) is 1. The summed E-state index contributed by atoms with van der Waals surface area (Å²) in [7, 11) is 1.94. The van der Waals surface area contributed by atoms with Gasteiger partial charge in [0.15, 0.2) is 0 Å². The molecule has 0 unspecified atom stereocenters. The number of nitrogens with zero attached hydrogens (tertiary/aromatic N) is 1. The van der Waals surface area contributed by atoms with E-state index in [2.05, 4.69) is 0 Å². The fourth-order valence-electron chi connectivity index (χ4n) is 1.98. The van der Waals surface area contributed by atoms with Gasteiger partial charge >= 0.3 is 0 Å². The topological polar surface area (TPSA) is 23.5 Å². The summed E-state index contributed by atoms with van der Waals surface area (Å²) in [6, 6.07) is 10.4. The van der Waals surface area contributed by atoms with Gasteiger partial charge in [-0.2, -0.15) is 0 Å². The highest BCUT2D eigenvalue weighted by Crippen LogP contribution is 2.27. The van der Waals surface area contributed by atoms with Gasteiger partial charge in [0.25, 0.3) is 0 Å². The molecule has 2 aromatic carbocycles. The molecule has 2 aromatic rings. The lowest BCUT2D eigenvalue weighted by molar-refractivity contribution is 0.318. The molecule has 0 radical (unpaired) electrons. The zero-order valence-electron chi connectivity index (χ0n) is 10.9. The van der Waals surface area contributed by atoms with Crippen molar-refractivity contribution in [3.8, 4) is 5.75 Å². The Morgan fingerprint density at radius 3 is 2.25 bits per heavy atom. The second kappa shape index (κ2) is 6.68. The minimum Gasteiger partial charge on any atom is -0.508 e. The van der Waals surface area contributed by atoms with E-state index < -0.39 is 0 Å². The number of benzene rings is 2. The molecule has 0 heterocycles. The first kappa shape index (κ1) is 15.5. The molecule has 0 amide bonds. The van der Waals surface area contributed by atoms with E-state index in [0.717, 1.165) is 11.1 Å². The van der Waals surface area contributed by atoms with E-state index >= 15 is 0 Å². The Morgan fingerprint density at radius 2 is 1.60 bits per heavy atom. The van der Waals surface area contributed by atoms with E-state index in [-0.39, 0.29) is 5.75 Å². The molecule has 0 bridgehead atoms. The van der Waals surface area contributed by atoms with E-state index in [9.17, 15) is 5.11 Å². The lowest BCUT2D eigenvalue weighted by atomic mass is 10.1. The first-order chi connectivity index (χ1) is 9.47. The van der Waals surface area contributed by atoms with Crippen molar-refractivity contribution in [1.29, 1.82) is 0 Å². The minimum absolute atomic E-state index is 0.202. The van der Waals surface area contributed by atoms with Crippen LogP contribution in [-0.2, 0) is 13.1 Å². The van der Waals surface area contributed by atoms with Crippen molar-refractivity contribution >= 4 is 34.8 Å². The van der Waals surface area contributed by atoms with Crippen LogP contribution in [0.3, 0.4) is 0 Å². The molecule has 1 N–H and O–H groups in total. The molecular formula is C15H14Cl3NO. The second-order valence-corrected chi connectivity index (χ2v) is 5.87. The predicted octanol–water partition coefficient (Wildman–Crippen LogP) is 4.98. The van der Waals surface area contributed by atoms with Crippen LogP contribution < -0.4 is 0 Å². The van der Waals surface area contributed by atoms with Crippen LogP contribution in [0.1, 0.15) is 11.1 Å². The fraction of sp³-hybridized carbons (Fsp3) is 0.200. The Labute approximate surface area is 133 Å². The molecule has 0 saturated heterocycles. The normalized spacial score (nSPS) is 11.1. The Kier molecular flexibility index (Phi) is 5.17. The summed E-state index contributed by atoms with van der Waals surface area (Å²) in [5, 5.41) is 11.4. The van der Waals surface area contributed by atoms with E-state index in [1.54, 1.807) is 18.2 Å². The van der Waals surface area contributed by atoms with Crippen LogP contribution in [0.4, 0.5) is 0 Å². The first-order valence-electron chi connectivity index (χ1n) is 6.06. The largest absolute Gasteiger partial charge is 0.508 e. The molecular weight excluding hydrogens is 317 g/mol. The molecule has 106 valence electrons. The standard InChI is InChI=1S/C15H14Cl3NO/c1-19(8-10-7-11(20)5-6-13(10)16)9-12-14(17)3-2-4-15(12)18/h2-7,20H,8-9H2,1H3. The Hall–Kier alpha value is -0.930. The van der Waals surface area contributed by atoms with Gasteiger partial charge in [-0.1, -0.05) is 40.9 Å². The van der Waals surface area contributed by atoms with Crippen molar-refractivity contribution in [3.63, 3.8) is 0 Å². The summed E-state index contributed by atoms with van der Waals surface area (Å²) in [6.45, 7) is 1.19. The highest BCUT2D eigenvalue weighted by atomic mass is 35.5. The van der Waals surface area contributed by atoms with Gasteiger partial charge in [-0.15, -0.1) is 0 Å². The lowest BCUT2D eigenvalue weighted by Crippen LogP contribution is -2.18. The highest BCUT2D eigenvalue weighted by molar-refractivity contribution is 6.36. The molecule has 0 aromatic heterocycles. The van der Waals surface area contributed by atoms with Gasteiger partial charge in [-0.3, -0.25) is 4.90 Å². The van der Waals surface area contributed by atoms with Gasteiger partial charge in [0.05, 0.1) is 0 Å². The van der Waals surface area contributed by atoms with Crippen LogP contribution >= 0.6 is 34.8 Å². The number of aromatic hydroxyl groups is 1. The maximum Gasteiger partial charge on any atom is 0.116 e. The van der Waals surface area contributed by atoms with Crippen LogP contribution in [0, 0.1) is 0 Å². The van der Waals surface area contributed by atoms with Crippen LogP contribution in [0.15, 0.2) is 36.4 Å². The molecule has 0 saturated carbocycles. The molecule has 2 nitrogen and oxygen atoms in total. The van der Waals surface area contributed by atoms with Crippen molar-refractivity contribution < 1.29 is 5.11 Å². The number of halogens is 3. The SMILES string of the molecule is CN(Cc1cc(O)ccc1Cl)Cc1c(Cl)cccc1Cl. The molecule has 0 aliphatic heterocycles. The summed E-state index contributed by atoms with van der Waals surface area (Å²) in [6.07, 6.45) is 0. The fourth-order valence-corrected chi connectivity index (χ4v) is 2.68. The Balaban J connectivity index is 2.13. The van der Waals surface area contributed by atoms with Crippen LogP contribution in [0.2, 0.25) is 15.1 Å². The van der Waals surface area contributed by atoms with Crippen molar-refractivity contribution in [2.45, 2.75) is 13.1 Å². The Bertz CT molecular complexity index is 596. The zero-order chi connectivity index (χ0) is 14.7. The quantitative estimate of drug-likeness (QED) is 0.854. The minimum atomic E-state index is 0.202. The third-order valence-corrected chi connectivity index (χ3v) is 4.04. The van der Waals surface area contributed by atoms with Crippen LogP contribution in [-0.4, -0.2) is 17.1 Å². The lowest BCUT2D eigenvalue weighted by Gasteiger charge is -2.19. The summed E-state index contributed by atoms with van der Waals surface area (Å²) < 4.78 is 0. The maximum absolute atomic E-state index is 9.51.